The molecule has 0 N–H and O–H groups in total. The molecular formula is C12H10ClF5N2. The summed E-state index contributed by atoms with van der Waals surface area (Å²) in [4.78, 5) is 3.97. The molecule has 20 heavy (non-hydrogen) atoms. The van der Waals surface area contributed by atoms with E-state index < -0.39 is 24.7 Å². The summed E-state index contributed by atoms with van der Waals surface area (Å²) in [7, 11) is 0. The first-order chi connectivity index (χ1) is 9.35. The molecule has 110 valence electrons. The van der Waals surface area contributed by atoms with Gasteiger partial charge in [0.25, 0.3) is 0 Å². The van der Waals surface area contributed by atoms with Crippen molar-refractivity contribution in [3.63, 3.8) is 0 Å². The summed E-state index contributed by atoms with van der Waals surface area (Å²) in [5.41, 5.74) is 0.307. The smallest absolute Gasteiger partial charge is 0.322 e. The molecule has 2 nitrogen and oxygen atoms in total. The van der Waals surface area contributed by atoms with E-state index >= 15 is 0 Å². The van der Waals surface area contributed by atoms with Crippen molar-refractivity contribution in [3.05, 3.63) is 29.8 Å². The highest BCUT2D eigenvalue weighted by molar-refractivity contribution is 6.17. The van der Waals surface area contributed by atoms with Gasteiger partial charge < -0.3 is 4.57 Å². The lowest BCUT2D eigenvalue weighted by Crippen LogP contribution is -2.32. The van der Waals surface area contributed by atoms with Crippen molar-refractivity contribution in [1.29, 1.82) is 0 Å². The Labute approximate surface area is 116 Å². The zero-order chi connectivity index (χ0) is 14.9. The van der Waals surface area contributed by atoms with Gasteiger partial charge in [0, 0.05) is 18.4 Å². The van der Waals surface area contributed by atoms with Crippen LogP contribution in [0.1, 0.15) is 5.82 Å². The highest BCUT2D eigenvalue weighted by Crippen LogP contribution is 2.28. The predicted molar refractivity (Wildman–Crippen MR) is 65.1 cm³/mol. The molecule has 8 heteroatoms. The molecule has 0 aliphatic carbocycles. The number of nitrogens with zero attached hydrogens (tertiary/aromatic N) is 2. The van der Waals surface area contributed by atoms with E-state index in [-0.39, 0.29) is 29.2 Å². The van der Waals surface area contributed by atoms with Crippen LogP contribution in [0, 0.1) is 5.82 Å². The maximum atomic E-state index is 13.2. The normalized spacial score (nSPS) is 12.6. The van der Waals surface area contributed by atoms with Gasteiger partial charge in [-0.1, -0.05) is 0 Å². The third kappa shape index (κ3) is 2.87. The van der Waals surface area contributed by atoms with Crippen molar-refractivity contribution in [1.82, 2.24) is 9.55 Å². The zero-order valence-corrected chi connectivity index (χ0v) is 10.8. The number of fused-ring (bicyclic) bond motifs is 1. The Morgan fingerprint density at radius 2 is 2.00 bits per heavy atom. The van der Waals surface area contributed by atoms with Gasteiger partial charge in [0.15, 0.2) is 0 Å². The minimum Gasteiger partial charge on any atom is -0.322 e. The molecule has 1 heterocycles. The monoisotopic (exact) mass is 312 g/mol. The Morgan fingerprint density at radius 1 is 1.30 bits per heavy atom. The summed E-state index contributed by atoms with van der Waals surface area (Å²) in [5.74, 6) is -4.56. The van der Waals surface area contributed by atoms with Crippen LogP contribution in [0.25, 0.3) is 11.0 Å². The van der Waals surface area contributed by atoms with Gasteiger partial charge in [-0.15, -0.1) is 11.6 Å². The van der Waals surface area contributed by atoms with Crippen molar-refractivity contribution in [3.8, 4) is 0 Å². The quantitative estimate of drug-likeness (QED) is 0.605. The second-order valence-electron chi connectivity index (χ2n) is 4.25. The highest BCUT2D eigenvalue weighted by atomic mass is 35.5. The van der Waals surface area contributed by atoms with Crippen LogP contribution >= 0.6 is 11.6 Å². The van der Waals surface area contributed by atoms with Gasteiger partial charge >= 0.3 is 12.3 Å². The molecule has 2 rings (SSSR count). The van der Waals surface area contributed by atoms with Crippen LogP contribution in [-0.2, 0) is 13.0 Å². The molecule has 0 atom stereocenters. The fraction of sp³-hybridized carbons (Fsp3) is 0.417. The molecule has 0 aliphatic rings. The minimum absolute atomic E-state index is 0.0893. The highest BCUT2D eigenvalue weighted by Gasteiger charge is 2.41. The summed E-state index contributed by atoms with van der Waals surface area (Å²) in [6.07, 6.45) is -3.67. The summed E-state index contributed by atoms with van der Waals surface area (Å²) in [5, 5.41) is 0. The number of rotatable bonds is 5. The standard InChI is InChI=1S/C12H10ClF5N2/c13-4-3-10-19-8-5-7(14)1-2-9(8)20(10)6-12(17,18)11(15)16/h1-2,5,11H,3-4,6H2. The Kier molecular flexibility index (Phi) is 4.17. The van der Waals surface area contributed by atoms with Gasteiger partial charge in [-0.05, 0) is 12.1 Å². The molecule has 0 fully saturated rings. The van der Waals surface area contributed by atoms with Crippen LogP contribution in [0.15, 0.2) is 18.2 Å². The molecule has 0 spiro atoms. The molecule has 0 saturated heterocycles. The molecule has 1 aromatic heterocycles. The molecule has 0 amide bonds. The van der Waals surface area contributed by atoms with E-state index in [9.17, 15) is 22.0 Å². The molecule has 0 saturated carbocycles. The lowest BCUT2D eigenvalue weighted by atomic mass is 10.3. The van der Waals surface area contributed by atoms with Gasteiger partial charge in [-0.2, -0.15) is 8.78 Å². The third-order valence-corrected chi connectivity index (χ3v) is 2.98. The van der Waals surface area contributed by atoms with E-state index in [1.807, 2.05) is 0 Å². The molecule has 1 aromatic carbocycles. The number of hydrogen-bond acceptors (Lipinski definition) is 1. The van der Waals surface area contributed by atoms with E-state index in [1.165, 1.54) is 6.07 Å². The Hall–Kier alpha value is -1.37. The van der Waals surface area contributed by atoms with Gasteiger partial charge in [0.1, 0.15) is 11.6 Å². The topological polar surface area (TPSA) is 17.8 Å². The van der Waals surface area contributed by atoms with Crippen LogP contribution in [0.3, 0.4) is 0 Å². The fourth-order valence-corrected chi connectivity index (χ4v) is 2.05. The number of aryl methyl sites for hydroxylation is 1. The molecule has 2 aromatic rings. The number of aromatic nitrogens is 2. The number of benzene rings is 1. The fourth-order valence-electron chi connectivity index (χ4n) is 1.88. The summed E-state index contributed by atoms with van der Waals surface area (Å²) >= 11 is 5.54. The van der Waals surface area contributed by atoms with Crippen molar-refractivity contribution in [2.24, 2.45) is 0 Å². The summed E-state index contributed by atoms with van der Waals surface area (Å²) < 4.78 is 65.1. The van der Waals surface area contributed by atoms with Crippen LogP contribution in [-0.4, -0.2) is 27.8 Å². The molecule has 0 unspecified atom stereocenters. The van der Waals surface area contributed by atoms with E-state index in [0.29, 0.717) is 0 Å². The SMILES string of the molecule is Fc1ccc2c(c1)nc(CCCl)n2CC(F)(F)C(F)F. The lowest BCUT2D eigenvalue weighted by molar-refractivity contribution is -0.137. The maximum absolute atomic E-state index is 13.2. The third-order valence-electron chi connectivity index (χ3n) is 2.80. The zero-order valence-electron chi connectivity index (χ0n) is 10.1. The molecule has 0 aliphatic heterocycles. The largest absolute Gasteiger partial charge is 0.324 e. The van der Waals surface area contributed by atoms with E-state index in [0.717, 1.165) is 16.7 Å². The Morgan fingerprint density at radius 3 is 2.60 bits per heavy atom. The summed E-state index contributed by atoms with van der Waals surface area (Å²) in [6, 6.07) is 3.35. The molecular weight excluding hydrogens is 303 g/mol. The average Bonchev–Trinajstić information content (AvgIpc) is 2.66. The number of alkyl halides is 5. The second kappa shape index (κ2) is 5.55. The van der Waals surface area contributed by atoms with Crippen LogP contribution in [0.2, 0.25) is 0 Å². The van der Waals surface area contributed by atoms with Crippen LogP contribution < -0.4 is 0 Å². The van der Waals surface area contributed by atoms with Crippen molar-refractivity contribution >= 4 is 22.6 Å². The van der Waals surface area contributed by atoms with Crippen molar-refractivity contribution in [2.75, 3.05) is 5.88 Å². The van der Waals surface area contributed by atoms with E-state index in [4.69, 9.17) is 11.6 Å². The Bertz CT molecular complexity index is 611. The average molecular weight is 313 g/mol. The van der Waals surface area contributed by atoms with Gasteiger partial charge in [0.05, 0.1) is 17.6 Å². The first-order valence-electron chi connectivity index (χ1n) is 5.72. The van der Waals surface area contributed by atoms with E-state index in [1.54, 1.807) is 0 Å². The van der Waals surface area contributed by atoms with Crippen molar-refractivity contribution < 1.29 is 22.0 Å². The number of imidazole rings is 1. The lowest BCUT2D eigenvalue weighted by Gasteiger charge is -2.18. The maximum Gasteiger partial charge on any atom is 0.324 e. The van der Waals surface area contributed by atoms with E-state index in [2.05, 4.69) is 4.98 Å². The minimum atomic E-state index is -4.19. The summed E-state index contributed by atoms with van der Waals surface area (Å²) in [6.45, 7) is -1.22. The van der Waals surface area contributed by atoms with Crippen LogP contribution in [0.4, 0.5) is 22.0 Å². The first-order valence-corrected chi connectivity index (χ1v) is 6.25. The van der Waals surface area contributed by atoms with Crippen molar-refractivity contribution in [2.45, 2.75) is 25.3 Å². The Balaban J connectivity index is 2.51. The molecule has 0 radical (unpaired) electrons. The number of halogens is 6. The predicted octanol–water partition coefficient (Wildman–Crippen LogP) is 3.86. The van der Waals surface area contributed by atoms with Gasteiger partial charge in [0.2, 0.25) is 0 Å². The van der Waals surface area contributed by atoms with Gasteiger partial charge in [-0.25, -0.2) is 18.2 Å². The molecule has 0 bridgehead atoms. The second-order valence-corrected chi connectivity index (χ2v) is 4.63. The van der Waals surface area contributed by atoms with Crippen LogP contribution in [0.5, 0.6) is 0 Å². The first kappa shape index (κ1) is 15.0. The number of hydrogen-bond donors (Lipinski definition) is 0. The van der Waals surface area contributed by atoms with Gasteiger partial charge in [-0.3, -0.25) is 0 Å².